The molecule has 0 spiro atoms. The number of hydrogen-bond acceptors (Lipinski definition) is 5. The second-order valence-electron chi connectivity index (χ2n) is 6.95. The van der Waals surface area contributed by atoms with Gasteiger partial charge in [0.2, 0.25) is 0 Å². The lowest BCUT2D eigenvalue weighted by Crippen LogP contribution is -1.95. The van der Waals surface area contributed by atoms with E-state index in [1.165, 1.54) is 23.5 Å². The summed E-state index contributed by atoms with van der Waals surface area (Å²) in [6, 6.07) is 14.1. The van der Waals surface area contributed by atoms with Crippen LogP contribution in [-0.4, -0.2) is 27.2 Å². The third kappa shape index (κ3) is 4.52. The van der Waals surface area contributed by atoms with Crippen molar-refractivity contribution in [3.63, 3.8) is 0 Å². The Hall–Kier alpha value is -3.60. The van der Waals surface area contributed by atoms with Gasteiger partial charge in [0.25, 0.3) is 5.19 Å². The molecule has 0 saturated carbocycles. The van der Waals surface area contributed by atoms with Gasteiger partial charge in [-0.25, -0.2) is 9.78 Å². The van der Waals surface area contributed by atoms with Crippen molar-refractivity contribution in [2.45, 2.75) is 13.5 Å². The number of rotatable bonds is 7. The normalized spacial score (nSPS) is 11.5. The Labute approximate surface area is 193 Å². The van der Waals surface area contributed by atoms with Crippen LogP contribution in [0.1, 0.15) is 33.3 Å². The fourth-order valence-electron chi connectivity index (χ4n) is 3.39. The molecular formula is C24H18ClN3O3S. The molecule has 4 aromatic rings. The van der Waals surface area contributed by atoms with Crippen molar-refractivity contribution in [1.82, 2.24) is 9.55 Å². The van der Waals surface area contributed by atoms with Crippen LogP contribution in [0.2, 0.25) is 5.02 Å². The van der Waals surface area contributed by atoms with E-state index < -0.39 is 5.97 Å². The molecule has 0 bridgehead atoms. The fraction of sp³-hybridized carbons (Fsp3) is 0.125. The predicted octanol–water partition coefficient (Wildman–Crippen LogP) is 5.96. The molecule has 2 aromatic carbocycles. The van der Waals surface area contributed by atoms with E-state index in [0.29, 0.717) is 34.5 Å². The van der Waals surface area contributed by atoms with Crippen molar-refractivity contribution < 1.29 is 14.6 Å². The van der Waals surface area contributed by atoms with Gasteiger partial charge >= 0.3 is 5.97 Å². The van der Waals surface area contributed by atoms with Crippen LogP contribution >= 0.6 is 22.9 Å². The zero-order chi connectivity index (χ0) is 22.7. The van der Waals surface area contributed by atoms with Crippen LogP contribution in [0.3, 0.4) is 0 Å². The van der Waals surface area contributed by atoms with Crippen LogP contribution < -0.4 is 4.74 Å². The Balaban J connectivity index is 1.74. The van der Waals surface area contributed by atoms with Gasteiger partial charge in [0.15, 0.2) is 0 Å². The number of aromatic nitrogens is 2. The summed E-state index contributed by atoms with van der Waals surface area (Å²) in [6.45, 7) is 3.07. The summed E-state index contributed by atoms with van der Waals surface area (Å²) in [5.41, 5.74) is 3.07. The lowest BCUT2D eigenvalue weighted by molar-refractivity contribution is 0.0697. The number of fused-ring (bicyclic) bond motifs is 1. The summed E-state index contributed by atoms with van der Waals surface area (Å²) < 4.78 is 7.54. The zero-order valence-electron chi connectivity index (χ0n) is 17.1. The van der Waals surface area contributed by atoms with E-state index in [0.717, 1.165) is 21.3 Å². The van der Waals surface area contributed by atoms with E-state index in [1.807, 2.05) is 31.3 Å². The van der Waals surface area contributed by atoms with E-state index in [9.17, 15) is 10.1 Å². The molecule has 0 amide bonds. The molecule has 0 saturated heterocycles. The lowest BCUT2D eigenvalue weighted by atomic mass is 10.0. The van der Waals surface area contributed by atoms with Crippen LogP contribution in [0.25, 0.3) is 22.6 Å². The van der Waals surface area contributed by atoms with Gasteiger partial charge in [0.1, 0.15) is 0 Å². The molecule has 4 rings (SSSR count). The number of thiazole rings is 1. The van der Waals surface area contributed by atoms with Crippen LogP contribution in [0.15, 0.2) is 54.9 Å². The maximum absolute atomic E-state index is 11.1. The van der Waals surface area contributed by atoms with Gasteiger partial charge in [-0.15, -0.1) is 0 Å². The minimum atomic E-state index is -1.01. The molecular weight excluding hydrogens is 446 g/mol. The largest absolute Gasteiger partial charge is 0.478 e. The second kappa shape index (κ2) is 9.27. The minimum Gasteiger partial charge on any atom is -0.478 e. The summed E-state index contributed by atoms with van der Waals surface area (Å²) in [4.78, 5) is 16.4. The highest BCUT2D eigenvalue weighted by molar-refractivity contribution is 7.13. The first-order valence-corrected chi connectivity index (χ1v) is 11.0. The number of carbonyl (C=O) groups is 1. The van der Waals surface area contributed by atoms with Crippen molar-refractivity contribution in [1.29, 1.82) is 5.26 Å². The van der Waals surface area contributed by atoms with Gasteiger partial charge < -0.3 is 14.4 Å². The Morgan fingerprint density at radius 2 is 2.03 bits per heavy atom. The van der Waals surface area contributed by atoms with Gasteiger partial charge in [-0.05, 0) is 42.8 Å². The highest BCUT2D eigenvalue weighted by atomic mass is 35.5. The van der Waals surface area contributed by atoms with Gasteiger partial charge in [-0.2, -0.15) is 5.26 Å². The molecule has 1 N–H and O–H groups in total. The molecule has 8 heteroatoms. The number of ether oxygens (including phenoxy) is 1. The number of carboxylic acid groups (broad SMARTS) is 1. The van der Waals surface area contributed by atoms with Crippen LogP contribution in [-0.2, 0) is 6.54 Å². The summed E-state index contributed by atoms with van der Waals surface area (Å²) in [6.07, 6.45) is 5.58. The monoisotopic (exact) mass is 463 g/mol. The number of halogens is 1. The first kappa shape index (κ1) is 21.6. The highest BCUT2D eigenvalue weighted by Gasteiger charge is 2.12. The van der Waals surface area contributed by atoms with Crippen molar-refractivity contribution in [2.75, 3.05) is 6.61 Å². The average molecular weight is 464 g/mol. The third-order valence-electron chi connectivity index (χ3n) is 4.86. The molecule has 0 radical (unpaired) electrons. The highest BCUT2D eigenvalue weighted by Crippen LogP contribution is 2.30. The first-order chi connectivity index (χ1) is 15.5. The van der Waals surface area contributed by atoms with E-state index in [-0.39, 0.29) is 5.56 Å². The predicted molar refractivity (Wildman–Crippen MR) is 126 cm³/mol. The van der Waals surface area contributed by atoms with Crippen LogP contribution in [0.5, 0.6) is 5.19 Å². The third-order valence-corrected chi connectivity index (χ3v) is 5.99. The molecule has 0 atom stereocenters. The van der Waals surface area contributed by atoms with E-state index >= 15 is 0 Å². The van der Waals surface area contributed by atoms with E-state index in [4.69, 9.17) is 21.4 Å². The van der Waals surface area contributed by atoms with Crippen molar-refractivity contribution >= 4 is 51.5 Å². The lowest BCUT2D eigenvalue weighted by Gasteiger charge is -2.03. The SMILES string of the molecule is CCOc1ncc(Cn2cc(C=C(C#N)c3ccc(C(=O)O)cc3)c3ccc(Cl)cc32)s1. The Bertz CT molecular complexity index is 1360. The Kier molecular flexibility index (Phi) is 6.26. The molecule has 0 unspecified atom stereocenters. The van der Waals surface area contributed by atoms with Gasteiger partial charge in [0, 0.05) is 33.2 Å². The smallest absolute Gasteiger partial charge is 0.335 e. The number of carboxylic acids is 1. The Morgan fingerprint density at radius 3 is 2.72 bits per heavy atom. The fourth-order valence-corrected chi connectivity index (χ4v) is 4.37. The number of hydrogen-bond donors (Lipinski definition) is 1. The number of nitriles is 1. The summed E-state index contributed by atoms with van der Waals surface area (Å²) in [5, 5.41) is 21.1. The van der Waals surface area contributed by atoms with Gasteiger partial charge in [-0.3, -0.25) is 0 Å². The van der Waals surface area contributed by atoms with Crippen molar-refractivity contribution in [2.24, 2.45) is 0 Å². The molecule has 2 heterocycles. The Morgan fingerprint density at radius 1 is 1.28 bits per heavy atom. The molecule has 0 aliphatic carbocycles. The van der Waals surface area contributed by atoms with E-state index in [2.05, 4.69) is 15.6 Å². The van der Waals surface area contributed by atoms with E-state index in [1.54, 1.807) is 24.4 Å². The standard InChI is InChI=1S/C24H18ClN3O3S/c1-2-31-24-27-12-20(32-24)14-28-13-18(21-8-7-19(25)10-22(21)28)9-17(11-26)15-3-5-16(6-4-15)23(29)30/h3-10,12-13H,2,14H2,1H3,(H,29,30). The van der Waals surface area contributed by atoms with Crippen molar-refractivity contribution in [3.05, 3.63) is 81.4 Å². The number of nitrogens with zero attached hydrogens (tertiary/aromatic N) is 3. The summed E-state index contributed by atoms with van der Waals surface area (Å²) >= 11 is 7.75. The maximum atomic E-state index is 11.1. The molecule has 0 aliphatic rings. The number of allylic oxidation sites excluding steroid dienone is 1. The number of benzene rings is 2. The zero-order valence-corrected chi connectivity index (χ0v) is 18.7. The quantitative estimate of drug-likeness (QED) is 0.341. The van der Waals surface area contributed by atoms with Gasteiger partial charge in [-0.1, -0.05) is 41.1 Å². The molecule has 160 valence electrons. The number of aromatic carboxylic acids is 1. The summed E-state index contributed by atoms with van der Waals surface area (Å²) in [7, 11) is 0. The molecule has 32 heavy (non-hydrogen) atoms. The second-order valence-corrected chi connectivity index (χ2v) is 8.47. The van der Waals surface area contributed by atoms with Crippen molar-refractivity contribution in [3.8, 4) is 11.3 Å². The molecule has 2 aromatic heterocycles. The molecule has 0 fully saturated rings. The molecule has 6 nitrogen and oxygen atoms in total. The average Bonchev–Trinajstić information content (AvgIpc) is 3.36. The van der Waals surface area contributed by atoms with Crippen LogP contribution in [0, 0.1) is 11.3 Å². The summed E-state index contributed by atoms with van der Waals surface area (Å²) in [5.74, 6) is -1.01. The van der Waals surface area contributed by atoms with Crippen LogP contribution in [0.4, 0.5) is 0 Å². The topological polar surface area (TPSA) is 88.1 Å². The minimum absolute atomic E-state index is 0.174. The van der Waals surface area contributed by atoms with Gasteiger partial charge in [0.05, 0.1) is 35.9 Å². The maximum Gasteiger partial charge on any atom is 0.335 e. The first-order valence-electron chi connectivity index (χ1n) is 9.80. The molecule has 0 aliphatic heterocycles.